The van der Waals surface area contributed by atoms with Crippen molar-refractivity contribution < 1.29 is 28.2 Å². The van der Waals surface area contributed by atoms with Gasteiger partial charge in [0, 0.05) is 16.6 Å². The van der Waals surface area contributed by atoms with Gasteiger partial charge in [0.05, 0.1) is 18.2 Å². The molecule has 0 spiro atoms. The van der Waals surface area contributed by atoms with Gasteiger partial charge in [0.1, 0.15) is 17.6 Å². The SMILES string of the molecule is COc1ccc(C)cc1/C(O)=C1/C(=O)C(=O)N(c2ccc(F)c(F)c2)C1c1sccc1C. The van der Waals surface area contributed by atoms with Crippen LogP contribution in [0.1, 0.15) is 27.6 Å². The Morgan fingerprint density at radius 3 is 2.44 bits per heavy atom. The normalized spacial score (nSPS) is 17.8. The summed E-state index contributed by atoms with van der Waals surface area (Å²) >= 11 is 1.30. The Kier molecular flexibility index (Phi) is 5.56. The zero-order valence-corrected chi connectivity index (χ0v) is 18.3. The summed E-state index contributed by atoms with van der Waals surface area (Å²) in [6, 6.07) is 8.89. The standard InChI is InChI=1S/C24H19F2NO4S/c1-12-4-7-18(31-3)15(10-12)21(28)19-20(23-13(2)8-9-32-23)27(24(30)22(19)29)14-5-6-16(25)17(26)11-14/h4-11,20,28H,1-3H3/b21-19-. The molecule has 8 heteroatoms. The van der Waals surface area contributed by atoms with E-state index in [0.29, 0.717) is 10.6 Å². The van der Waals surface area contributed by atoms with E-state index in [2.05, 4.69) is 0 Å². The fourth-order valence-corrected chi connectivity index (χ4v) is 4.82. The number of hydrogen-bond donors (Lipinski definition) is 1. The molecule has 1 saturated heterocycles. The van der Waals surface area contributed by atoms with Crippen molar-refractivity contribution in [1.82, 2.24) is 0 Å². The number of nitrogens with zero attached hydrogens (tertiary/aromatic N) is 1. The van der Waals surface area contributed by atoms with Crippen LogP contribution in [-0.2, 0) is 9.59 Å². The Balaban J connectivity index is 2.00. The van der Waals surface area contributed by atoms with Crippen LogP contribution in [0.4, 0.5) is 14.5 Å². The van der Waals surface area contributed by atoms with Gasteiger partial charge in [-0.05, 0) is 55.1 Å². The number of rotatable bonds is 4. The number of amides is 1. The highest BCUT2D eigenvalue weighted by atomic mass is 32.1. The molecule has 3 aromatic rings. The van der Waals surface area contributed by atoms with Gasteiger partial charge in [0.2, 0.25) is 0 Å². The van der Waals surface area contributed by atoms with Crippen molar-refractivity contribution in [3.63, 3.8) is 0 Å². The highest BCUT2D eigenvalue weighted by Crippen LogP contribution is 2.45. The monoisotopic (exact) mass is 455 g/mol. The second-order valence-electron chi connectivity index (χ2n) is 7.44. The third-order valence-corrected chi connectivity index (χ3v) is 6.46. The number of aliphatic hydroxyl groups is 1. The number of carbonyl (C=O) groups excluding carboxylic acids is 2. The molecule has 164 valence electrons. The van der Waals surface area contributed by atoms with Gasteiger partial charge < -0.3 is 9.84 Å². The van der Waals surface area contributed by atoms with Crippen molar-refractivity contribution in [2.45, 2.75) is 19.9 Å². The maximum atomic E-state index is 14.0. The minimum atomic E-state index is -1.15. The third-order valence-electron chi connectivity index (χ3n) is 5.39. The van der Waals surface area contributed by atoms with Gasteiger partial charge in [-0.25, -0.2) is 8.78 Å². The molecule has 5 nitrogen and oxygen atoms in total. The number of anilines is 1. The molecular weight excluding hydrogens is 436 g/mol. The predicted molar refractivity (Wildman–Crippen MR) is 118 cm³/mol. The molecule has 0 saturated carbocycles. The van der Waals surface area contributed by atoms with E-state index in [-0.39, 0.29) is 16.8 Å². The predicted octanol–water partition coefficient (Wildman–Crippen LogP) is 5.28. The lowest BCUT2D eigenvalue weighted by Gasteiger charge is -2.25. The lowest BCUT2D eigenvalue weighted by Crippen LogP contribution is -2.29. The first kappa shape index (κ1) is 21.7. The van der Waals surface area contributed by atoms with Gasteiger partial charge >= 0.3 is 0 Å². The van der Waals surface area contributed by atoms with Gasteiger partial charge in [-0.1, -0.05) is 11.6 Å². The Morgan fingerprint density at radius 2 is 1.81 bits per heavy atom. The lowest BCUT2D eigenvalue weighted by atomic mass is 9.97. The average molecular weight is 455 g/mol. The summed E-state index contributed by atoms with van der Waals surface area (Å²) in [6.07, 6.45) is 0. The lowest BCUT2D eigenvalue weighted by molar-refractivity contribution is -0.132. The van der Waals surface area contributed by atoms with Crippen LogP contribution >= 0.6 is 11.3 Å². The second kappa shape index (κ2) is 8.20. The summed E-state index contributed by atoms with van der Waals surface area (Å²) in [6.45, 7) is 3.63. The van der Waals surface area contributed by atoms with Crippen molar-refractivity contribution in [2.75, 3.05) is 12.0 Å². The summed E-state index contributed by atoms with van der Waals surface area (Å²) in [5.74, 6) is -4.15. The van der Waals surface area contributed by atoms with Crippen LogP contribution in [0.25, 0.3) is 5.76 Å². The number of halogens is 2. The van der Waals surface area contributed by atoms with E-state index in [1.54, 1.807) is 23.6 Å². The van der Waals surface area contributed by atoms with Crippen LogP contribution in [0.15, 0.2) is 53.4 Å². The maximum Gasteiger partial charge on any atom is 0.300 e. The van der Waals surface area contributed by atoms with E-state index in [4.69, 9.17) is 4.74 Å². The van der Waals surface area contributed by atoms with Gasteiger partial charge in [0.15, 0.2) is 11.6 Å². The number of hydrogen-bond acceptors (Lipinski definition) is 5. The fraction of sp³-hybridized carbons (Fsp3) is 0.167. The molecule has 1 unspecified atom stereocenters. The average Bonchev–Trinajstić information content (AvgIpc) is 3.30. The number of methoxy groups -OCH3 is 1. The number of carbonyl (C=O) groups is 2. The zero-order chi connectivity index (χ0) is 23.2. The molecule has 1 aliphatic rings. The molecule has 2 aromatic carbocycles. The summed E-state index contributed by atoms with van der Waals surface area (Å²) in [7, 11) is 1.43. The fourth-order valence-electron chi connectivity index (χ4n) is 3.80. The molecule has 0 radical (unpaired) electrons. The smallest absolute Gasteiger partial charge is 0.300 e. The molecule has 1 aliphatic heterocycles. The van der Waals surface area contributed by atoms with Gasteiger partial charge in [-0.15, -0.1) is 11.3 Å². The summed E-state index contributed by atoms with van der Waals surface area (Å²) < 4.78 is 32.9. The Labute approximate surface area is 187 Å². The molecule has 32 heavy (non-hydrogen) atoms. The van der Waals surface area contributed by atoms with E-state index in [9.17, 15) is 23.5 Å². The molecule has 4 rings (SSSR count). The van der Waals surface area contributed by atoms with Crippen molar-refractivity contribution >= 4 is 34.5 Å². The highest BCUT2D eigenvalue weighted by molar-refractivity contribution is 7.10. The van der Waals surface area contributed by atoms with Crippen LogP contribution in [0.3, 0.4) is 0 Å². The molecule has 0 bridgehead atoms. The number of ether oxygens (including phenoxy) is 1. The first-order valence-electron chi connectivity index (χ1n) is 9.69. The van der Waals surface area contributed by atoms with E-state index in [1.165, 1.54) is 24.5 Å². The van der Waals surface area contributed by atoms with Gasteiger partial charge in [-0.3, -0.25) is 14.5 Å². The Morgan fingerprint density at radius 1 is 1.06 bits per heavy atom. The first-order chi connectivity index (χ1) is 15.2. The van der Waals surface area contributed by atoms with E-state index >= 15 is 0 Å². The van der Waals surface area contributed by atoms with Gasteiger partial charge in [0.25, 0.3) is 11.7 Å². The molecule has 1 N–H and O–H groups in total. The van der Waals surface area contributed by atoms with E-state index in [1.807, 2.05) is 19.9 Å². The van der Waals surface area contributed by atoms with Crippen LogP contribution in [0.2, 0.25) is 0 Å². The molecule has 1 aromatic heterocycles. The molecule has 1 amide bonds. The molecule has 1 atom stereocenters. The molecule has 1 fully saturated rings. The second-order valence-corrected chi connectivity index (χ2v) is 8.39. The quantitative estimate of drug-likeness (QED) is 0.330. The van der Waals surface area contributed by atoms with Crippen molar-refractivity contribution in [1.29, 1.82) is 0 Å². The number of thiophene rings is 1. The molecule has 2 heterocycles. The van der Waals surface area contributed by atoms with Crippen LogP contribution in [0.5, 0.6) is 5.75 Å². The van der Waals surface area contributed by atoms with E-state index in [0.717, 1.165) is 28.2 Å². The van der Waals surface area contributed by atoms with Crippen molar-refractivity contribution in [2.24, 2.45) is 0 Å². The zero-order valence-electron chi connectivity index (χ0n) is 17.5. The summed E-state index contributed by atoms with van der Waals surface area (Å²) in [5, 5.41) is 13.0. The number of aliphatic hydroxyl groups excluding tert-OH is 1. The molecule has 0 aliphatic carbocycles. The van der Waals surface area contributed by atoms with E-state index < -0.39 is 35.1 Å². The largest absolute Gasteiger partial charge is 0.507 e. The van der Waals surface area contributed by atoms with Gasteiger partial charge in [-0.2, -0.15) is 0 Å². The molecular formula is C24H19F2NO4S. The maximum absolute atomic E-state index is 14.0. The van der Waals surface area contributed by atoms with Crippen LogP contribution in [0, 0.1) is 25.5 Å². The van der Waals surface area contributed by atoms with Crippen molar-refractivity contribution in [3.05, 3.63) is 86.6 Å². The number of ketones is 1. The minimum Gasteiger partial charge on any atom is -0.507 e. The number of aryl methyl sites for hydroxylation is 2. The van der Waals surface area contributed by atoms with Crippen LogP contribution < -0.4 is 9.64 Å². The topological polar surface area (TPSA) is 66.8 Å². The highest BCUT2D eigenvalue weighted by Gasteiger charge is 2.48. The number of benzene rings is 2. The van der Waals surface area contributed by atoms with Crippen molar-refractivity contribution in [3.8, 4) is 5.75 Å². The third kappa shape index (κ3) is 3.46. The first-order valence-corrected chi connectivity index (χ1v) is 10.6. The Hall–Kier alpha value is -3.52. The van der Waals surface area contributed by atoms with Crippen LogP contribution in [-0.4, -0.2) is 23.9 Å². The minimum absolute atomic E-state index is 0.0130. The summed E-state index contributed by atoms with van der Waals surface area (Å²) in [5.41, 5.74) is 1.73. The number of Topliss-reactive ketones (excluding diaryl/α,β-unsaturated/α-hetero) is 1. The Bertz CT molecular complexity index is 1280. The summed E-state index contributed by atoms with van der Waals surface area (Å²) in [4.78, 5) is 27.9.